The van der Waals surface area contributed by atoms with E-state index in [0.717, 1.165) is 0 Å². The molecule has 1 saturated carbocycles. The van der Waals surface area contributed by atoms with Crippen molar-refractivity contribution in [3.63, 3.8) is 0 Å². The minimum Gasteiger partial charge on any atom is -0.469 e. The Bertz CT molecular complexity index is 402. The zero-order valence-electron chi connectivity index (χ0n) is 13.3. The second-order valence-corrected chi connectivity index (χ2v) is 7.17. The van der Waals surface area contributed by atoms with Gasteiger partial charge in [-0.3, -0.25) is 4.79 Å². The molecule has 21 heavy (non-hydrogen) atoms. The summed E-state index contributed by atoms with van der Waals surface area (Å²) in [5.41, 5.74) is 5.75. The highest BCUT2D eigenvalue weighted by atomic mass is 16.6. The molecule has 1 saturated heterocycles. The van der Waals surface area contributed by atoms with Gasteiger partial charge in [-0.15, -0.1) is 0 Å². The molecule has 120 valence electrons. The predicted octanol–water partition coefficient (Wildman–Crippen LogP) is 1.38. The molecule has 2 bridgehead atoms. The van der Waals surface area contributed by atoms with Crippen LogP contribution in [-0.2, 0) is 14.3 Å². The Kier molecular flexibility index (Phi) is 4.46. The first-order valence-electron chi connectivity index (χ1n) is 7.52. The van der Waals surface area contributed by atoms with Crippen LogP contribution in [0.4, 0.5) is 4.79 Å². The Morgan fingerprint density at radius 2 is 1.67 bits per heavy atom. The summed E-state index contributed by atoms with van der Waals surface area (Å²) >= 11 is 0. The van der Waals surface area contributed by atoms with Crippen molar-refractivity contribution in [1.29, 1.82) is 0 Å². The summed E-state index contributed by atoms with van der Waals surface area (Å²) in [4.78, 5) is 25.7. The molecule has 2 atom stereocenters. The number of rotatable bonds is 1. The summed E-state index contributed by atoms with van der Waals surface area (Å²) in [5.74, 6) is 0.0106. The van der Waals surface area contributed by atoms with Crippen LogP contribution in [0.1, 0.15) is 33.6 Å². The molecule has 2 unspecified atom stereocenters. The number of likely N-dealkylation sites (tertiary alicyclic amines) is 1. The number of piperidine rings is 1. The fourth-order valence-electron chi connectivity index (χ4n) is 3.39. The number of ether oxygens (including phenoxy) is 2. The highest BCUT2D eigenvalue weighted by Gasteiger charge is 2.45. The van der Waals surface area contributed by atoms with Crippen molar-refractivity contribution in [3.8, 4) is 0 Å². The number of fused-ring (bicyclic) bond motifs is 2. The molecule has 1 aliphatic heterocycles. The van der Waals surface area contributed by atoms with Crippen LogP contribution in [0.15, 0.2) is 0 Å². The van der Waals surface area contributed by atoms with E-state index in [-0.39, 0.29) is 35.9 Å². The summed E-state index contributed by atoms with van der Waals surface area (Å²) < 4.78 is 10.3. The van der Waals surface area contributed by atoms with Gasteiger partial charge in [-0.25, -0.2) is 4.79 Å². The molecule has 0 aromatic carbocycles. The number of nitrogens with zero attached hydrogens (tertiary/aromatic N) is 1. The van der Waals surface area contributed by atoms with Gasteiger partial charge in [0.15, 0.2) is 0 Å². The third-order valence-electron chi connectivity index (χ3n) is 4.36. The van der Waals surface area contributed by atoms with Crippen LogP contribution in [-0.4, -0.2) is 48.8 Å². The lowest BCUT2D eigenvalue weighted by Crippen LogP contribution is -2.59. The third kappa shape index (κ3) is 3.67. The first-order chi connectivity index (χ1) is 9.71. The van der Waals surface area contributed by atoms with E-state index in [1.165, 1.54) is 7.11 Å². The zero-order chi connectivity index (χ0) is 15.8. The van der Waals surface area contributed by atoms with E-state index in [4.69, 9.17) is 15.2 Å². The second-order valence-electron chi connectivity index (χ2n) is 7.17. The quantitative estimate of drug-likeness (QED) is 0.740. The van der Waals surface area contributed by atoms with Crippen molar-refractivity contribution in [1.82, 2.24) is 4.90 Å². The monoisotopic (exact) mass is 298 g/mol. The summed E-state index contributed by atoms with van der Waals surface area (Å²) in [7, 11) is 1.42. The Balaban J connectivity index is 2.02. The minimum absolute atomic E-state index is 0.0459. The predicted molar refractivity (Wildman–Crippen MR) is 77.5 cm³/mol. The van der Waals surface area contributed by atoms with E-state index in [9.17, 15) is 9.59 Å². The van der Waals surface area contributed by atoms with Gasteiger partial charge in [0.1, 0.15) is 5.60 Å². The van der Waals surface area contributed by atoms with Crippen LogP contribution >= 0.6 is 0 Å². The third-order valence-corrected chi connectivity index (χ3v) is 4.36. The average Bonchev–Trinajstić information content (AvgIpc) is 2.35. The van der Waals surface area contributed by atoms with Gasteiger partial charge in [0, 0.05) is 19.1 Å². The van der Waals surface area contributed by atoms with Gasteiger partial charge >= 0.3 is 12.1 Å². The van der Waals surface area contributed by atoms with E-state index in [2.05, 4.69) is 0 Å². The van der Waals surface area contributed by atoms with Gasteiger partial charge < -0.3 is 20.1 Å². The minimum atomic E-state index is -0.500. The number of hydrogen-bond donors (Lipinski definition) is 1. The van der Waals surface area contributed by atoms with Gasteiger partial charge in [-0.2, -0.15) is 0 Å². The van der Waals surface area contributed by atoms with Crippen LogP contribution in [0.3, 0.4) is 0 Å². The van der Waals surface area contributed by atoms with Crippen molar-refractivity contribution in [2.75, 3.05) is 20.2 Å². The fraction of sp³-hybridized carbons (Fsp3) is 0.867. The van der Waals surface area contributed by atoms with E-state index in [1.54, 1.807) is 4.90 Å². The lowest BCUT2D eigenvalue weighted by molar-refractivity contribution is -0.149. The number of methoxy groups -OCH3 is 1. The summed E-state index contributed by atoms with van der Waals surface area (Å²) in [6.07, 6.45) is 1.08. The number of esters is 1. The van der Waals surface area contributed by atoms with Crippen LogP contribution in [0.2, 0.25) is 0 Å². The van der Waals surface area contributed by atoms with Crippen molar-refractivity contribution < 1.29 is 19.1 Å². The molecule has 2 rings (SSSR count). The van der Waals surface area contributed by atoms with Crippen LogP contribution in [0.5, 0.6) is 0 Å². The number of amides is 1. The molecule has 6 heteroatoms. The van der Waals surface area contributed by atoms with E-state index >= 15 is 0 Å². The molecular weight excluding hydrogens is 272 g/mol. The van der Waals surface area contributed by atoms with Crippen LogP contribution < -0.4 is 5.73 Å². The highest BCUT2D eigenvalue weighted by Crippen LogP contribution is 2.38. The zero-order valence-corrected chi connectivity index (χ0v) is 13.3. The molecular formula is C15H26N2O4. The fourth-order valence-corrected chi connectivity index (χ4v) is 3.39. The van der Waals surface area contributed by atoms with Gasteiger partial charge in [-0.1, -0.05) is 0 Å². The maximum absolute atomic E-state index is 12.2. The van der Waals surface area contributed by atoms with E-state index < -0.39 is 5.60 Å². The van der Waals surface area contributed by atoms with E-state index in [1.807, 2.05) is 20.8 Å². The number of carbonyl (C=O) groups excluding carboxylic acids is 2. The molecule has 0 spiro atoms. The highest BCUT2D eigenvalue weighted by molar-refractivity contribution is 5.73. The molecule has 1 heterocycles. The summed E-state index contributed by atoms with van der Waals surface area (Å²) in [5, 5.41) is 0. The number of hydrogen-bond acceptors (Lipinski definition) is 5. The Morgan fingerprint density at radius 1 is 1.14 bits per heavy atom. The molecule has 2 aliphatic rings. The number of carbonyl (C=O) groups is 2. The lowest BCUT2D eigenvalue weighted by atomic mass is 9.69. The van der Waals surface area contributed by atoms with Crippen LogP contribution in [0.25, 0.3) is 0 Å². The summed E-state index contributed by atoms with van der Waals surface area (Å²) in [6, 6.07) is 0.0459. The first-order valence-corrected chi connectivity index (χ1v) is 7.52. The standard InChI is InChI=1S/C15H26N2O4/c1-15(2,3)21-14(19)17-7-10-5-9(13(18)20-4)6-11(8-17)12(10)16/h9-12H,5-8,16H2,1-4H3. The molecule has 2 fully saturated rings. The Morgan fingerprint density at radius 3 is 2.10 bits per heavy atom. The van der Waals surface area contributed by atoms with Gasteiger partial charge in [0.25, 0.3) is 0 Å². The Hall–Kier alpha value is -1.30. The molecule has 1 amide bonds. The first kappa shape index (κ1) is 16.1. The smallest absolute Gasteiger partial charge is 0.410 e. The SMILES string of the molecule is COC(=O)C1CC2CN(C(=O)OC(C)(C)C)CC(C1)C2N. The van der Waals surface area contributed by atoms with Crippen molar-refractivity contribution >= 4 is 12.1 Å². The van der Waals surface area contributed by atoms with E-state index in [0.29, 0.717) is 25.9 Å². The summed E-state index contributed by atoms with van der Waals surface area (Å²) in [6.45, 7) is 6.68. The maximum Gasteiger partial charge on any atom is 0.410 e. The largest absolute Gasteiger partial charge is 0.469 e. The Labute approximate surface area is 125 Å². The van der Waals surface area contributed by atoms with Gasteiger partial charge in [0.2, 0.25) is 0 Å². The van der Waals surface area contributed by atoms with Crippen LogP contribution in [0, 0.1) is 17.8 Å². The van der Waals surface area contributed by atoms with Crippen molar-refractivity contribution in [3.05, 3.63) is 0 Å². The maximum atomic E-state index is 12.2. The van der Waals surface area contributed by atoms with Gasteiger partial charge in [-0.05, 0) is 45.4 Å². The normalized spacial score (nSPS) is 32.5. The molecule has 0 aromatic rings. The average molecular weight is 298 g/mol. The van der Waals surface area contributed by atoms with Crippen molar-refractivity contribution in [2.24, 2.45) is 23.5 Å². The molecule has 6 nitrogen and oxygen atoms in total. The molecule has 1 aliphatic carbocycles. The second kappa shape index (κ2) is 5.83. The lowest BCUT2D eigenvalue weighted by Gasteiger charge is -2.47. The van der Waals surface area contributed by atoms with Gasteiger partial charge in [0.05, 0.1) is 13.0 Å². The topological polar surface area (TPSA) is 81.9 Å². The molecule has 0 aromatic heterocycles. The molecule has 0 radical (unpaired) electrons. The van der Waals surface area contributed by atoms with Crippen molar-refractivity contribution in [2.45, 2.75) is 45.3 Å². The molecule has 2 N–H and O–H groups in total. The number of nitrogens with two attached hydrogens (primary N) is 1.